The molecular weight excluding hydrogens is 453 g/mol. The molecule has 0 unspecified atom stereocenters. The Morgan fingerprint density at radius 3 is 2.69 bits per heavy atom. The summed E-state index contributed by atoms with van der Waals surface area (Å²) in [6.07, 6.45) is 2.94. The topological polar surface area (TPSA) is 115 Å². The molecule has 10 nitrogen and oxygen atoms in total. The highest BCUT2D eigenvalue weighted by Crippen LogP contribution is 2.44. The summed E-state index contributed by atoms with van der Waals surface area (Å²) in [5.74, 6) is -0.148. The van der Waals surface area contributed by atoms with Crippen LogP contribution >= 0.6 is 0 Å². The minimum Gasteiger partial charge on any atom is -0.483 e. The van der Waals surface area contributed by atoms with Crippen LogP contribution in [0.4, 0.5) is 16.0 Å². The quantitative estimate of drug-likeness (QED) is 0.468. The molecule has 0 bridgehead atoms. The van der Waals surface area contributed by atoms with E-state index in [-0.39, 0.29) is 18.2 Å². The van der Waals surface area contributed by atoms with Crippen molar-refractivity contribution in [3.63, 3.8) is 0 Å². The van der Waals surface area contributed by atoms with E-state index in [9.17, 15) is 9.59 Å². The number of benzene rings is 1. The third-order valence-electron chi connectivity index (χ3n) is 5.71. The molecule has 0 aliphatic carbocycles. The number of hydrogen-bond acceptors (Lipinski definition) is 8. The molecule has 0 fully saturated rings. The standard InChI is InChI=1S/C24H22FN7O3/c1-13-6-7-26-19(30-13)11-35-18-5-4-16(10-17(18)25)20-21-23(31-9-8-27-22(20)31)28-12-29-24(21)32(14(2)33)15(3)34/h4-7,10,12,27H,8-9,11H2,1-3H3. The van der Waals surface area contributed by atoms with Crippen molar-refractivity contribution < 1.29 is 18.7 Å². The lowest BCUT2D eigenvalue weighted by molar-refractivity contribution is -0.124. The second kappa shape index (κ2) is 8.75. The molecule has 3 aromatic heterocycles. The van der Waals surface area contributed by atoms with Crippen LogP contribution in [0.5, 0.6) is 5.75 Å². The van der Waals surface area contributed by atoms with Gasteiger partial charge in [-0.2, -0.15) is 0 Å². The summed E-state index contributed by atoms with van der Waals surface area (Å²) < 4.78 is 22.7. The zero-order valence-corrected chi connectivity index (χ0v) is 19.4. The molecule has 0 saturated carbocycles. The number of carbonyl (C=O) groups excluding carboxylic acids is 2. The number of nitrogens with zero attached hydrogens (tertiary/aromatic N) is 6. The number of carbonyl (C=O) groups is 2. The van der Waals surface area contributed by atoms with Crippen LogP contribution in [0.2, 0.25) is 0 Å². The molecular formula is C24H22FN7O3. The van der Waals surface area contributed by atoms with Gasteiger partial charge in [0.15, 0.2) is 23.2 Å². The van der Waals surface area contributed by atoms with Gasteiger partial charge in [0.1, 0.15) is 24.4 Å². The van der Waals surface area contributed by atoms with Crippen LogP contribution in [0.15, 0.2) is 36.8 Å². The molecule has 178 valence electrons. The van der Waals surface area contributed by atoms with Gasteiger partial charge in [0, 0.05) is 44.4 Å². The van der Waals surface area contributed by atoms with E-state index in [0.717, 1.165) is 16.4 Å². The Morgan fingerprint density at radius 2 is 1.97 bits per heavy atom. The zero-order chi connectivity index (χ0) is 24.7. The monoisotopic (exact) mass is 475 g/mol. The van der Waals surface area contributed by atoms with Gasteiger partial charge in [-0.1, -0.05) is 6.07 Å². The fraction of sp³-hybridized carbons (Fsp3) is 0.250. The lowest BCUT2D eigenvalue weighted by atomic mass is 10.0. The number of halogens is 1. The molecule has 35 heavy (non-hydrogen) atoms. The number of ether oxygens (including phenoxy) is 1. The lowest BCUT2D eigenvalue weighted by Gasteiger charge is -2.18. The molecule has 4 aromatic rings. The highest BCUT2D eigenvalue weighted by molar-refractivity contribution is 6.19. The fourth-order valence-electron chi connectivity index (χ4n) is 4.30. The first-order valence-corrected chi connectivity index (χ1v) is 11.0. The Bertz CT molecular complexity index is 1470. The average Bonchev–Trinajstić information content (AvgIpc) is 3.39. The minimum absolute atomic E-state index is 0.0221. The van der Waals surface area contributed by atoms with Gasteiger partial charge in [-0.05, 0) is 30.7 Å². The van der Waals surface area contributed by atoms with Gasteiger partial charge in [0.25, 0.3) is 0 Å². The van der Waals surface area contributed by atoms with E-state index >= 15 is 4.39 Å². The maximum atomic E-state index is 15.1. The lowest BCUT2D eigenvalue weighted by Crippen LogP contribution is -2.34. The summed E-state index contributed by atoms with van der Waals surface area (Å²) in [6, 6.07) is 6.37. The van der Waals surface area contributed by atoms with Crippen molar-refractivity contribution in [1.82, 2.24) is 24.5 Å². The van der Waals surface area contributed by atoms with Crippen LogP contribution in [0.25, 0.3) is 22.2 Å². The maximum absolute atomic E-state index is 15.1. The van der Waals surface area contributed by atoms with Crippen molar-refractivity contribution in [3.05, 3.63) is 54.1 Å². The summed E-state index contributed by atoms with van der Waals surface area (Å²) >= 11 is 0. The van der Waals surface area contributed by atoms with Crippen LogP contribution < -0.4 is 15.0 Å². The van der Waals surface area contributed by atoms with E-state index < -0.39 is 17.6 Å². The van der Waals surface area contributed by atoms with Crippen LogP contribution in [0.1, 0.15) is 25.4 Å². The summed E-state index contributed by atoms with van der Waals surface area (Å²) in [6.45, 7) is 5.74. The number of anilines is 2. The van der Waals surface area contributed by atoms with Crippen molar-refractivity contribution in [3.8, 4) is 16.9 Å². The third-order valence-corrected chi connectivity index (χ3v) is 5.71. The predicted octanol–water partition coefficient (Wildman–Crippen LogP) is 3.24. The molecule has 4 heterocycles. The van der Waals surface area contributed by atoms with Gasteiger partial charge < -0.3 is 14.6 Å². The third kappa shape index (κ3) is 3.94. The normalized spacial score (nSPS) is 12.3. The molecule has 1 aliphatic rings. The van der Waals surface area contributed by atoms with Crippen LogP contribution in [-0.4, -0.2) is 42.9 Å². The molecule has 5 rings (SSSR count). The molecule has 2 amide bonds. The van der Waals surface area contributed by atoms with Gasteiger partial charge in [-0.15, -0.1) is 0 Å². The highest BCUT2D eigenvalue weighted by atomic mass is 19.1. The molecule has 0 saturated heterocycles. The molecule has 0 atom stereocenters. The van der Waals surface area contributed by atoms with Gasteiger partial charge in [-0.25, -0.2) is 29.2 Å². The number of nitrogens with one attached hydrogen (secondary N) is 1. The van der Waals surface area contributed by atoms with Gasteiger partial charge in [0.05, 0.1) is 5.39 Å². The van der Waals surface area contributed by atoms with Crippen molar-refractivity contribution in [1.29, 1.82) is 0 Å². The molecule has 1 aromatic carbocycles. The van der Waals surface area contributed by atoms with E-state index in [1.807, 2.05) is 11.5 Å². The van der Waals surface area contributed by atoms with Crippen LogP contribution in [-0.2, 0) is 22.7 Å². The SMILES string of the molecule is CC(=O)N(C(C)=O)c1ncnc2c1c(-c1ccc(OCc3nccc(C)n3)c(F)c1)c1n2CCN1. The summed E-state index contributed by atoms with van der Waals surface area (Å²) in [5, 5.41) is 3.79. The number of rotatable bonds is 5. The fourth-order valence-corrected chi connectivity index (χ4v) is 4.30. The number of fused-ring (bicyclic) bond motifs is 3. The largest absolute Gasteiger partial charge is 0.483 e. The van der Waals surface area contributed by atoms with Crippen molar-refractivity contribution in [2.45, 2.75) is 33.9 Å². The number of aromatic nitrogens is 5. The first-order valence-electron chi connectivity index (χ1n) is 11.0. The van der Waals surface area contributed by atoms with Gasteiger partial charge >= 0.3 is 0 Å². The van der Waals surface area contributed by atoms with Crippen LogP contribution in [0.3, 0.4) is 0 Å². The molecule has 0 spiro atoms. The molecule has 11 heteroatoms. The van der Waals surface area contributed by atoms with Crippen molar-refractivity contribution >= 4 is 34.5 Å². The smallest absolute Gasteiger partial charge is 0.231 e. The van der Waals surface area contributed by atoms with E-state index in [1.54, 1.807) is 18.3 Å². The second-order valence-electron chi connectivity index (χ2n) is 8.12. The summed E-state index contributed by atoms with van der Waals surface area (Å²) in [7, 11) is 0. The van der Waals surface area contributed by atoms with Crippen molar-refractivity contribution in [2.24, 2.45) is 0 Å². The Kier molecular flexibility index (Phi) is 5.59. The highest BCUT2D eigenvalue weighted by Gasteiger charge is 2.30. The van der Waals surface area contributed by atoms with E-state index in [1.165, 1.54) is 32.3 Å². The van der Waals surface area contributed by atoms with Gasteiger partial charge in [-0.3, -0.25) is 9.59 Å². The first kappa shape index (κ1) is 22.4. The summed E-state index contributed by atoms with van der Waals surface area (Å²) in [4.78, 5) is 42.6. The zero-order valence-electron chi connectivity index (χ0n) is 19.4. The number of amides is 2. The number of hydrogen-bond donors (Lipinski definition) is 1. The average molecular weight is 475 g/mol. The minimum atomic E-state index is -0.574. The van der Waals surface area contributed by atoms with Crippen molar-refractivity contribution in [2.75, 3.05) is 16.8 Å². The number of aryl methyl sites for hydroxylation is 1. The molecule has 0 radical (unpaired) electrons. The molecule has 1 N–H and O–H groups in total. The van der Waals surface area contributed by atoms with E-state index in [0.29, 0.717) is 41.1 Å². The van der Waals surface area contributed by atoms with Gasteiger partial charge in [0.2, 0.25) is 11.8 Å². The molecule has 1 aliphatic heterocycles. The van der Waals surface area contributed by atoms with E-state index in [4.69, 9.17) is 4.74 Å². The Labute approximate surface area is 199 Å². The predicted molar refractivity (Wildman–Crippen MR) is 126 cm³/mol. The first-order chi connectivity index (χ1) is 16.8. The maximum Gasteiger partial charge on any atom is 0.231 e. The summed E-state index contributed by atoms with van der Waals surface area (Å²) in [5.41, 5.74) is 2.47. The van der Waals surface area contributed by atoms with Crippen LogP contribution in [0, 0.1) is 12.7 Å². The number of imide groups is 1. The second-order valence-corrected chi connectivity index (χ2v) is 8.12. The Balaban J connectivity index is 1.60. The Hall–Kier alpha value is -4.41. The Morgan fingerprint density at radius 1 is 1.17 bits per heavy atom. The van der Waals surface area contributed by atoms with E-state index in [2.05, 4.69) is 25.3 Å².